The molecule has 0 aromatic heterocycles. The number of rotatable bonds is 4. The van der Waals surface area contributed by atoms with Crippen molar-refractivity contribution in [1.29, 1.82) is 0 Å². The van der Waals surface area contributed by atoms with Gasteiger partial charge in [-0.25, -0.2) is 0 Å². The average molecular weight is 445 g/mol. The number of allylic oxidation sites excluding steroid dienone is 1. The van der Waals surface area contributed by atoms with E-state index in [4.69, 9.17) is 0 Å². The molecule has 0 fully saturated rings. The molecule has 0 aliphatic heterocycles. The minimum atomic E-state index is -4.66. The Morgan fingerprint density at radius 1 is 1.29 bits per heavy atom. The molecule has 120 valence electrons. The predicted molar refractivity (Wildman–Crippen MR) is 98.6 cm³/mol. The molecule has 0 spiro atoms. The summed E-state index contributed by atoms with van der Waals surface area (Å²) in [6.45, 7) is 6.22. The van der Waals surface area contributed by atoms with E-state index < -0.39 is 21.0 Å². The van der Waals surface area contributed by atoms with Crippen molar-refractivity contribution in [3.05, 3.63) is 41.5 Å². The predicted octanol–water partition coefficient (Wildman–Crippen LogP) is 3.16. The smallest absolute Gasteiger partial charge is 0.147 e. The molecule has 0 heterocycles. The van der Waals surface area contributed by atoms with Crippen LogP contribution in [0.15, 0.2) is 30.3 Å². The van der Waals surface area contributed by atoms with E-state index in [9.17, 15) is 7.92 Å². The number of hydrogen-bond donors (Lipinski definition) is 1. The van der Waals surface area contributed by atoms with Gasteiger partial charge in [-0.2, -0.15) is 0 Å². The Kier molecular flexibility index (Phi) is 6.44. The fraction of sp³-hybridized carbons (Fsp3) is 0.429. The molecule has 2 rings (SSSR count). The molecule has 0 radical (unpaired) electrons. The monoisotopic (exact) mass is 442 g/mol. The van der Waals surface area contributed by atoms with Crippen molar-refractivity contribution in [2.24, 2.45) is 0 Å². The maximum Gasteiger partial charge on any atom is -0.147 e. The number of aliphatic hydroxyl groups excluding tert-OH is 1. The summed E-state index contributed by atoms with van der Waals surface area (Å²) in [6, 6.07) is 8.25. The van der Waals surface area contributed by atoms with E-state index in [1.807, 2.05) is 12.1 Å². The van der Waals surface area contributed by atoms with Crippen molar-refractivity contribution >= 4 is 43.7 Å². The van der Waals surface area contributed by atoms with Gasteiger partial charge in [0.15, 0.2) is 0 Å². The minimum Gasteiger partial charge on any atom is -0.147 e. The maximum absolute atomic E-state index is 14.4. The summed E-state index contributed by atoms with van der Waals surface area (Å²) in [5.74, 6) is -1.41. The number of benzene rings is 1. The Hall–Kier alpha value is 0.617. The summed E-state index contributed by atoms with van der Waals surface area (Å²) in [5.41, 5.74) is 2.41. The van der Waals surface area contributed by atoms with E-state index in [-0.39, 0.29) is 35.0 Å². The second-order valence-corrected chi connectivity index (χ2v) is 67.0. The minimum absolute atomic E-state index is 0. The summed E-state index contributed by atoms with van der Waals surface area (Å²) in [5, 5.41) is 9.54. The van der Waals surface area contributed by atoms with Gasteiger partial charge in [-0.05, 0) is 0 Å². The third-order valence-electron chi connectivity index (χ3n) is 5.75. The molecule has 1 aliphatic rings. The third-order valence-corrected chi connectivity index (χ3v) is 72.6. The van der Waals surface area contributed by atoms with E-state index in [2.05, 4.69) is 42.0 Å². The number of hydrogen-bond acceptors (Lipinski definition) is 2. The molecule has 0 saturated heterocycles. The Balaban J connectivity index is 0.00000200. The molecule has 1 atom stereocenters. The van der Waals surface area contributed by atoms with Gasteiger partial charge in [0.1, 0.15) is 0 Å². The number of fused-ring (bicyclic) bond motifs is 1. The zero-order valence-corrected chi connectivity index (χ0v) is 19.6. The third kappa shape index (κ3) is 3.29. The Labute approximate surface area is 139 Å². The van der Waals surface area contributed by atoms with Crippen molar-refractivity contribution in [1.82, 2.24) is 0 Å². The summed E-state index contributed by atoms with van der Waals surface area (Å²) in [4.78, 5) is 0. The van der Waals surface area contributed by atoms with Gasteiger partial charge in [0.25, 0.3) is 0 Å². The summed E-state index contributed by atoms with van der Waals surface area (Å²) in [6.07, 6.45) is 4.25. The van der Waals surface area contributed by atoms with E-state index in [1.165, 1.54) is 11.1 Å². The van der Waals surface area contributed by atoms with Crippen LogP contribution in [0.25, 0.3) is 6.08 Å². The van der Waals surface area contributed by atoms with Crippen LogP contribution in [0.2, 0.25) is 21.9 Å². The van der Waals surface area contributed by atoms with E-state index in [0.717, 1.165) is 0 Å². The van der Waals surface area contributed by atoms with Gasteiger partial charge in [-0.3, -0.25) is 0 Å². The Morgan fingerprint density at radius 2 is 1.86 bits per heavy atom. The van der Waals surface area contributed by atoms with Crippen LogP contribution in [0.4, 0.5) is 0 Å². The molecule has 2 nitrogen and oxygen atoms in total. The fourth-order valence-corrected chi connectivity index (χ4v) is 27.3. The first-order chi connectivity index (χ1) is 8.65. The van der Waals surface area contributed by atoms with Crippen molar-refractivity contribution in [3.63, 3.8) is 0 Å². The molecular formula is C14H26Cl2O2Si2Zr. The number of aliphatic hydroxyl groups is 1. The first-order valence-electron chi connectivity index (χ1n) is 7.03. The van der Waals surface area contributed by atoms with E-state index in [0.29, 0.717) is 4.13 Å². The molecule has 1 aliphatic carbocycles. The Morgan fingerprint density at radius 3 is 2.38 bits per heavy atom. The maximum atomic E-state index is 14.4. The first-order valence-corrected chi connectivity index (χ1v) is 26.7. The molecule has 1 aromatic rings. The van der Waals surface area contributed by atoms with Crippen molar-refractivity contribution in [3.8, 4) is 0 Å². The van der Waals surface area contributed by atoms with Crippen LogP contribution in [0.5, 0.6) is 0 Å². The summed E-state index contributed by atoms with van der Waals surface area (Å²) >= 11 is -4.66. The van der Waals surface area contributed by atoms with Gasteiger partial charge in [0.05, 0.1) is 0 Å². The van der Waals surface area contributed by atoms with Crippen LogP contribution in [-0.2, 0) is 17.9 Å². The van der Waals surface area contributed by atoms with Gasteiger partial charge in [0.2, 0.25) is 0 Å². The largest absolute Gasteiger partial charge is 0.147 e. The molecule has 0 saturated carbocycles. The average Bonchev–Trinajstić information content (AvgIpc) is 2.73. The van der Waals surface area contributed by atoms with Crippen LogP contribution in [-0.4, -0.2) is 24.5 Å². The van der Waals surface area contributed by atoms with Gasteiger partial charge in [-0.1, -0.05) is 0 Å². The van der Waals surface area contributed by atoms with Crippen LogP contribution in [0.1, 0.15) is 14.8 Å². The van der Waals surface area contributed by atoms with Crippen molar-refractivity contribution in [2.45, 2.75) is 25.5 Å². The summed E-state index contributed by atoms with van der Waals surface area (Å²) < 4.78 is 17.0. The van der Waals surface area contributed by atoms with Crippen LogP contribution >= 0.6 is 24.8 Å². The quantitative estimate of drug-likeness (QED) is 0.725. The van der Waals surface area contributed by atoms with E-state index >= 15 is 0 Å². The number of halogens is 2. The normalized spacial score (nSPS) is 18.2. The van der Waals surface area contributed by atoms with Crippen LogP contribution in [0, 0.1) is 0 Å². The molecule has 1 N–H and O–H groups in total. The molecule has 0 amide bonds. The first kappa shape index (κ1) is 21.6. The molecule has 7 heteroatoms. The van der Waals surface area contributed by atoms with Gasteiger partial charge in [-0.15, -0.1) is 24.8 Å². The second kappa shape index (κ2) is 6.25. The Bertz CT molecular complexity index is 718. The molecule has 1 unspecified atom stereocenters. The van der Waals surface area contributed by atoms with Gasteiger partial charge >= 0.3 is 115 Å². The van der Waals surface area contributed by atoms with Gasteiger partial charge < -0.3 is 0 Å². The second-order valence-electron chi connectivity index (χ2n) is 7.34. The standard InChI is InChI=1S/C9H7.C2H5O.C2H7Si.CH3.2ClH.O.H2Si.Zr/c1-2-5-9-7-3-6-8(9)4-1;1-2-3;1-3-2;;;;;;/h1-7H;3H,1-2H2;3H,1-2H3;1H3;2*1H;;1H2;. The fourth-order valence-electron chi connectivity index (χ4n) is 3.27. The molecule has 0 bridgehead atoms. The van der Waals surface area contributed by atoms with Crippen molar-refractivity contribution < 1.29 is 23.0 Å². The van der Waals surface area contributed by atoms with Crippen LogP contribution < -0.4 is 0 Å². The topological polar surface area (TPSA) is 37.3 Å². The zero-order chi connectivity index (χ0) is 14.4. The van der Waals surface area contributed by atoms with Gasteiger partial charge in [0, 0.05) is 0 Å². The molecular weight excluding hydrogens is 418 g/mol. The SMILES string of the molecule is C[SiH](C)[Zr]([CH3])(=[O])(=[SiH2])([CH2]CO)[CH]1C=Cc2ccccc21.Cl.Cl. The molecule has 1 aromatic carbocycles. The van der Waals surface area contributed by atoms with Crippen molar-refractivity contribution in [2.75, 3.05) is 6.61 Å². The van der Waals surface area contributed by atoms with E-state index in [1.54, 1.807) is 6.88 Å². The van der Waals surface area contributed by atoms with Crippen LogP contribution in [0.3, 0.4) is 0 Å². The zero-order valence-electron chi connectivity index (χ0n) is 12.9. The molecule has 21 heavy (non-hydrogen) atoms. The summed E-state index contributed by atoms with van der Waals surface area (Å²) in [7, 11) is 0.